The van der Waals surface area contributed by atoms with Crippen LogP contribution in [0.2, 0.25) is 5.02 Å². The number of nitrogens with zero attached hydrogens (tertiary/aromatic N) is 1. The third-order valence-corrected chi connectivity index (χ3v) is 3.02. The predicted octanol–water partition coefficient (Wildman–Crippen LogP) is 2.71. The summed E-state index contributed by atoms with van der Waals surface area (Å²) in [6.07, 6.45) is 3.86. The van der Waals surface area contributed by atoms with Gasteiger partial charge in [0, 0.05) is 23.0 Å². The van der Waals surface area contributed by atoms with Gasteiger partial charge < -0.3 is 10.3 Å². The van der Waals surface area contributed by atoms with Crippen LogP contribution in [0.25, 0.3) is 0 Å². The number of aromatic amines is 1. The fraction of sp³-hybridized carbons (Fsp3) is 0.250. The van der Waals surface area contributed by atoms with Crippen molar-refractivity contribution in [1.29, 1.82) is 0 Å². The second-order valence-electron chi connectivity index (χ2n) is 3.72. The van der Waals surface area contributed by atoms with Crippen LogP contribution in [0.3, 0.4) is 0 Å². The van der Waals surface area contributed by atoms with E-state index in [4.69, 9.17) is 11.6 Å². The Bertz CT molecular complexity index is 464. The van der Waals surface area contributed by atoms with Crippen molar-refractivity contribution in [3.8, 4) is 0 Å². The molecule has 0 saturated heterocycles. The topological polar surface area (TPSA) is 40.7 Å². The van der Waals surface area contributed by atoms with Crippen LogP contribution < -0.4 is 5.32 Å². The first-order valence-corrected chi connectivity index (χ1v) is 5.69. The predicted molar refractivity (Wildman–Crippen MR) is 65.5 cm³/mol. The Morgan fingerprint density at radius 3 is 2.94 bits per heavy atom. The molecule has 1 atom stereocenters. The smallest absolute Gasteiger partial charge is 0.127 e. The highest BCUT2D eigenvalue weighted by atomic mass is 35.5. The van der Waals surface area contributed by atoms with Crippen LogP contribution in [0.4, 0.5) is 4.39 Å². The van der Waals surface area contributed by atoms with Gasteiger partial charge in [0.25, 0.3) is 0 Å². The number of imidazole rings is 1. The van der Waals surface area contributed by atoms with E-state index in [-0.39, 0.29) is 11.9 Å². The fourth-order valence-electron chi connectivity index (χ4n) is 1.73. The van der Waals surface area contributed by atoms with Gasteiger partial charge in [0.15, 0.2) is 0 Å². The van der Waals surface area contributed by atoms with E-state index in [1.807, 2.05) is 7.05 Å². The number of nitrogens with one attached hydrogen (secondary N) is 2. The van der Waals surface area contributed by atoms with Gasteiger partial charge in [-0.3, -0.25) is 0 Å². The van der Waals surface area contributed by atoms with E-state index >= 15 is 0 Å². The molecule has 1 heterocycles. The Labute approximate surface area is 104 Å². The molecule has 0 aliphatic carbocycles. The summed E-state index contributed by atoms with van der Waals surface area (Å²) in [5, 5.41) is 3.53. The van der Waals surface area contributed by atoms with Crippen LogP contribution >= 0.6 is 11.6 Å². The Balaban J connectivity index is 2.25. The molecule has 5 heteroatoms. The van der Waals surface area contributed by atoms with Crippen molar-refractivity contribution in [3.63, 3.8) is 0 Å². The normalized spacial score (nSPS) is 12.6. The average Bonchev–Trinajstić information content (AvgIpc) is 2.82. The van der Waals surface area contributed by atoms with Crippen molar-refractivity contribution < 1.29 is 4.39 Å². The maximum absolute atomic E-state index is 13.6. The number of aromatic nitrogens is 2. The van der Waals surface area contributed by atoms with Gasteiger partial charge in [-0.15, -0.1) is 0 Å². The summed E-state index contributed by atoms with van der Waals surface area (Å²) < 4.78 is 13.6. The van der Waals surface area contributed by atoms with Crippen LogP contribution in [0, 0.1) is 5.82 Å². The van der Waals surface area contributed by atoms with E-state index in [2.05, 4.69) is 15.3 Å². The van der Waals surface area contributed by atoms with Gasteiger partial charge >= 0.3 is 0 Å². The summed E-state index contributed by atoms with van der Waals surface area (Å²) in [6.45, 7) is 0. The van der Waals surface area contributed by atoms with Gasteiger partial charge in [-0.1, -0.05) is 17.7 Å². The molecule has 0 amide bonds. The third kappa shape index (κ3) is 2.65. The summed E-state index contributed by atoms with van der Waals surface area (Å²) in [5.74, 6) is 0.483. The van der Waals surface area contributed by atoms with Crippen molar-refractivity contribution in [3.05, 3.63) is 52.8 Å². The van der Waals surface area contributed by atoms with Gasteiger partial charge in [-0.05, 0) is 25.6 Å². The number of rotatable bonds is 4. The molecule has 2 aromatic rings. The Kier molecular flexibility index (Phi) is 3.76. The first-order valence-electron chi connectivity index (χ1n) is 5.31. The molecule has 0 aliphatic rings. The molecule has 0 fully saturated rings. The van der Waals surface area contributed by atoms with Crippen molar-refractivity contribution in [1.82, 2.24) is 15.3 Å². The minimum Gasteiger partial charge on any atom is -0.347 e. The van der Waals surface area contributed by atoms with E-state index in [1.54, 1.807) is 24.5 Å². The lowest BCUT2D eigenvalue weighted by Gasteiger charge is -2.15. The zero-order valence-electron chi connectivity index (χ0n) is 9.37. The molecule has 0 saturated carbocycles. The molecular weight excluding hydrogens is 241 g/mol. The quantitative estimate of drug-likeness (QED) is 0.880. The Hall–Kier alpha value is -1.39. The van der Waals surface area contributed by atoms with Gasteiger partial charge in [-0.2, -0.15) is 0 Å². The fourth-order valence-corrected chi connectivity index (χ4v) is 1.98. The van der Waals surface area contributed by atoms with E-state index in [1.165, 1.54) is 6.07 Å². The summed E-state index contributed by atoms with van der Waals surface area (Å²) in [5.41, 5.74) is 0.505. The van der Waals surface area contributed by atoms with Crippen LogP contribution in [0.5, 0.6) is 0 Å². The molecule has 3 nitrogen and oxygen atoms in total. The Morgan fingerprint density at radius 1 is 1.53 bits per heavy atom. The summed E-state index contributed by atoms with van der Waals surface area (Å²) in [7, 11) is 1.81. The molecule has 0 radical (unpaired) electrons. The molecule has 90 valence electrons. The highest BCUT2D eigenvalue weighted by molar-refractivity contribution is 6.31. The SMILES string of the molecule is CNC(Cc1c(F)cccc1Cl)c1ncc[nH]1. The van der Waals surface area contributed by atoms with E-state index in [0.717, 1.165) is 5.82 Å². The molecule has 0 spiro atoms. The van der Waals surface area contributed by atoms with Crippen molar-refractivity contribution in [2.75, 3.05) is 7.05 Å². The molecular formula is C12H13ClFN3. The van der Waals surface area contributed by atoms with Crippen LogP contribution in [-0.4, -0.2) is 17.0 Å². The lowest BCUT2D eigenvalue weighted by Crippen LogP contribution is -2.20. The number of hydrogen-bond acceptors (Lipinski definition) is 2. The molecule has 1 unspecified atom stereocenters. The van der Waals surface area contributed by atoms with Gasteiger partial charge in [-0.25, -0.2) is 9.37 Å². The largest absolute Gasteiger partial charge is 0.347 e. The maximum atomic E-state index is 13.6. The van der Waals surface area contributed by atoms with Crippen molar-refractivity contribution in [2.24, 2.45) is 0 Å². The molecule has 1 aromatic heterocycles. The monoisotopic (exact) mass is 253 g/mol. The minimum atomic E-state index is -0.288. The standard InChI is InChI=1S/C12H13ClFN3/c1-15-11(12-16-5-6-17-12)7-8-9(13)3-2-4-10(8)14/h2-6,11,15H,7H2,1H3,(H,16,17). The first kappa shape index (κ1) is 12.1. The highest BCUT2D eigenvalue weighted by Crippen LogP contribution is 2.24. The molecule has 0 aliphatic heterocycles. The minimum absolute atomic E-state index is 0.0839. The summed E-state index contributed by atoms with van der Waals surface area (Å²) >= 11 is 5.99. The van der Waals surface area contributed by atoms with Crippen LogP contribution in [0.15, 0.2) is 30.6 Å². The van der Waals surface area contributed by atoms with Gasteiger partial charge in [0.05, 0.1) is 6.04 Å². The lowest BCUT2D eigenvalue weighted by molar-refractivity contribution is 0.536. The number of likely N-dealkylation sites (N-methyl/N-ethyl adjacent to an activating group) is 1. The van der Waals surface area contributed by atoms with E-state index < -0.39 is 0 Å². The summed E-state index contributed by atoms with van der Waals surface area (Å²) in [4.78, 5) is 7.17. The molecule has 2 N–H and O–H groups in total. The van der Waals surface area contributed by atoms with Crippen molar-refractivity contribution in [2.45, 2.75) is 12.5 Å². The molecule has 1 aromatic carbocycles. The molecule has 17 heavy (non-hydrogen) atoms. The molecule has 2 rings (SSSR count). The van der Waals surface area contributed by atoms with Crippen LogP contribution in [0.1, 0.15) is 17.4 Å². The summed E-state index contributed by atoms with van der Waals surface area (Å²) in [6, 6.07) is 4.62. The highest BCUT2D eigenvalue weighted by Gasteiger charge is 2.16. The second kappa shape index (κ2) is 5.29. The van der Waals surface area contributed by atoms with Crippen LogP contribution in [-0.2, 0) is 6.42 Å². The van der Waals surface area contributed by atoms with E-state index in [9.17, 15) is 4.39 Å². The maximum Gasteiger partial charge on any atom is 0.127 e. The number of hydrogen-bond donors (Lipinski definition) is 2. The van der Waals surface area contributed by atoms with E-state index in [0.29, 0.717) is 17.0 Å². The van der Waals surface area contributed by atoms with Gasteiger partial charge in [0.2, 0.25) is 0 Å². The van der Waals surface area contributed by atoms with Gasteiger partial charge in [0.1, 0.15) is 11.6 Å². The third-order valence-electron chi connectivity index (χ3n) is 2.67. The lowest BCUT2D eigenvalue weighted by atomic mass is 10.0. The number of H-pyrrole nitrogens is 1. The number of benzene rings is 1. The second-order valence-corrected chi connectivity index (χ2v) is 4.13. The molecule has 0 bridgehead atoms. The zero-order valence-corrected chi connectivity index (χ0v) is 10.1. The first-order chi connectivity index (χ1) is 8.22. The number of halogens is 2. The Morgan fingerprint density at radius 2 is 2.35 bits per heavy atom. The zero-order chi connectivity index (χ0) is 12.3. The average molecular weight is 254 g/mol. The van der Waals surface area contributed by atoms with Crippen molar-refractivity contribution >= 4 is 11.6 Å².